The lowest BCUT2D eigenvalue weighted by atomic mass is 10.2. The van der Waals surface area contributed by atoms with Gasteiger partial charge in [-0.2, -0.15) is 0 Å². The van der Waals surface area contributed by atoms with Gasteiger partial charge in [-0.3, -0.25) is 9.78 Å². The van der Waals surface area contributed by atoms with Crippen LogP contribution in [0.15, 0.2) is 12.4 Å². The number of ether oxygens (including phenoxy) is 1. The normalized spacial score (nSPS) is 18.4. The molecule has 0 N–H and O–H groups in total. The minimum Gasteiger partial charge on any atom is -0.464 e. The molecule has 1 unspecified atom stereocenters. The van der Waals surface area contributed by atoms with Crippen molar-refractivity contribution in [2.45, 2.75) is 32.7 Å². The van der Waals surface area contributed by atoms with Crippen molar-refractivity contribution in [1.82, 2.24) is 14.9 Å². The van der Waals surface area contributed by atoms with Crippen LogP contribution in [0.25, 0.3) is 0 Å². The third kappa shape index (κ3) is 2.89. The van der Waals surface area contributed by atoms with Crippen molar-refractivity contribution in [2.75, 3.05) is 13.2 Å². The van der Waals surface area contributed by atoms with Crippen molar-refractivity contribution in [1.29, 1.82) is 0 Å². The number of carbonyl (C=O) groups excluding carboxylic acids is 2. The van der Waals surface area contributed by atoms with Crippen LogP contribution in [0.2, 0.25) is 0 Å². The molecule has 6 nitrogen and oxygen atoms in total. The fraction of sp³-hybridized carbons (Fsp3) is 0.538. The minimum atomic E-state index is -0.490. The molecular weight excluding hydrogens is 246 g/mol. The van der Waals surface area contributed by atoms with E-state index in [2.05, 4.69) is 9.97 Å². The van der Waals surface area contributed by atoms with Crippen LogP contribution >= 0.6 is 0 Å². The topological polar surface area (TPSA) is 72.4 Å². The lowest BCUT2D eigenvalue weighted by Crippen LogP contribution is -2.41. The summed E-state index contributed by atoms with van der Waals surface area (Å²) in [4.78, 5) is 33.7. The van der Waals surface area contributed by atoms with Crippen molar-refractivity contribution < 1.29 is 14.3 Å². The third-order valence-electron chi connectivity index (χ3n) is 3.07. The predicted molar refractivity (Wildman–Crippen MR) is 67.5 cm³/mol. The van der Waals surface area contributed by atoms with E-state index in [0.29, 0.717) is 19.6 Å². The van der Waals surface area contributed by atoms with Gasteiger partial charge >= 0.3 is 5.97 Å². The molecule has 0 aliphatic carbocycles. The van der Waals surface area contributed by atoms with Crippen molar-refractivity contribution in [3.63, 3.8) is 0 Å². The van der Waals surface area contributed by atoms with E-state index in [1.165, 1.54) is 11.1 Å². The number of amides is 1. The van der Waals surface area contributed by atoms with Crippen LogP contribution in [0.5, 0.6) is 0 Å². The zero-order valence-electron chi connectivity index (χ0n) is 11.1. The number of likely N-dealkylation sites (tertiary alicyclic amines) is 1. The Bertz CT molecular complexity index is 473. The molecule has 1 amide bonds. The molecule has 2 heterocycles. The number of hydrogen-bond donors (Lipinski definition) is 0. The molecule has 19 heavy (non-hydrogen) atoms. The van der Waals surface area contributed by atoms with Gasteiger partial charge < -0.3 is 9.64 Å². The highest BCUT2D eigenvalue weighted by molar-refractivity contribution is 5.95. The summed E-state index contributed by atoms with van der Waals surface area (Å²) < 4.78 is 4.99. The average Bonchev–Trinajstić information content (AvgIpc) is 2.88. The highest BCUT2D eigenvalue weighted by atomic mass is 16.5. The van der Waals surface area contributed by atoms with Gasteiger partial charge in [0.2, 0.25) is 0 Å². The van der Waals surface area contributed by atoms with E-state index in [0.717, 1.165) is 12.1 Å². The predicted octanol–water partition coefficient (Wildman–Crippen LogP) is 0.953. The maximum atomic E-state index is 12.3. The summed E-state index contributed by atoms with van der Waals surface area (Å²) in [5.41, 5.74) is 1.02. The molecule has 6 heteroatoms. The zero-order valence-corrected chi connectivity index (χ0v) is 11.1. The third-order valence-corrected chi connectivity index (χ3v) is 3.07. The Kier molecular flexibility index (Phi) is 4.09. The van der Waals surface area contributed by atoms with Gasteiger partial charge in [0.25, 0.3) is 5.91 Å². The largest absolute Gasteiger partial charge is 0.464 e. The second-order valence-electron chi connectivity index (χ2n) is 4.45. The first kappa shape index (κ1) is 13.5. The Balaban J connectivity index is 2.13. The van der Waals surface area contributed by atoms with Crippen LogP contribution in [0.1, 0.15) is 35.9 Å². The van der Waals surface area contributed by atoms with Crippen molar-refractivity contribution >= 4 is 11.9 Å². The van der Waals surface area contributed by atoms with Crippen LogP contribution < -0.4 is 0 Å². The summed E-state index contributed by atoms with van der Waals surface area (Å²) in [5.74, 6) is -0.600. The Morgan fingerprint density at radius 1 is 1.42 bits per heavy atom. The first-order chi connectivity index (χ1) is 9.13. The number of aromatic nitrogens is 2. The molecule has 1 aliphatic rings. The van der Waals surface area contributed by atoms with Crippen LogP contribution in [0, 0.1) is 6.92 Å². The number of aryl methyl sites for hydroxylation is 1. The lowest BCUT2D eigenvalue weighted by molar-refractivity contribution is -0.147. The molecule has 0 aromatic carbocycles. The van der Waals surface area contributed by atoms with E-state index in [-0.39, 0.29) is 17.6 Å². The summed E-state index contributed by atoms with van der Waals surface area (Å²) in [6.45, 7) is 4.43. The van der Waals surface area contributed by atoms with Gasteiger partial charge in [0.15, 0.2) is 0 Å². The van der Waals surface area contributed by atoms with Crippen molar-refractivity contribution in [3.05, 3.63) is 23.8 Å². The fourth-order valence-corrected chi connectivity index (χ4v) is 2.14. The zero-order chi connectivity index (χ0) is 13.8. The van der Waals surface area contributed by atoms with Crippen LogP contribution in [0.3, 0.4) is 0 Å². The number of nitrogens with zero attached hydrogens (tertiary/aromatic N) is 3. The van der Waals surface area contributed by atoms with E-state index < -0.39 is 6.04 Å². The molecule has 1 saturated heterocycles. The van der Waals surface area contributed by atoms with E-state index in [4.69, 9.17) is 4.74 Å². The first-order valence-corrected chi connectivity index (χ1v) is 6.39. The minimum absolute atomic E-state index is 0.261. The standard InChI is InChI=1S/C13H17N3O3/c1-3-19-13(18)11-5-4-6-16(11)12(17)10-8-14-9(2)7-15-10/h7-8,11H,3-6H2,1-2H3. The second kappa shape index (κ2) is 5.77. The summed E-state index contributed by atoms with van der Waals surface area (Å²) in [6.07, 6.45) is 4.43. The van der Waals surface area contributed by atoms with Crippen LogP contribution in [0.4, 0.5) is 0 Å². The molecule has 2 rings (SSSR count). The highest BCUT2D eigenvalue weighted by Crippen LogP contribution is 2.20. The van der Waals surface area contributed by atoms with E-state index in [1.54, 1.807) is 20.0 Å². The van der Waals surface area contributed by atoms with Crippen molar-refractivity contribution in [2.24, 2.45) is 0 Å². The average molecular weight is 263 g/mol. The smallest absolute Gasteiger partial charge is 0.328 e. The lowest BCUT2D eigenvalue weighted by Gasteiger charge is -2.22. The fourth-order valence-electron chi connectivity index (χ4n) is 2.14. The Labute approximate surface area is 111 Å². The Morgan fingerprint density at radius 3 is 2.84 bits per heavy atom. The summed E-state index contributed by atoms with van der Waals surface area (Å²) >= 11 is 0. The van der Waals surface area contributed by atoms with Gasteiger partial charge in [0.05, 0.1) is 18.5 Å². The molecule has 1 atom stereocenters. The molecule has 1 aromatic rings. The van der Waals surface area contributed by atoms with Gasteiger partial charge in [0.1, 0.15) is 11.7 Å². The van der Waals surface area contributed by atoms with Crippen LogP contribution in [-0.4, -0.2) is 45.9 Å². The number of esters is 1. The molecule has 0 bridgehead atoms. The molecule has 0 saturated carbocycles. The number of carbonyl (C=O) groups is 2. The van der Waals surface area contributed by atoms with Gasteiger partial charge in [0, 0.05) is 12.7 Å². The Morgan fingerprint density at radius 2 is 2.21 bits per heavy atom. The summed E-state index contributed by atoms with van der Waals surface area (Å²) in [7, 11) is 0. The van der Waals surface area contributed by atoms with Gasteiger partial charge in [-0.1, -0.05) is 0 Å². The van der Waals surface area contributed by atoms with E-state index in [1.807, 2.05) is 0 Å². The molecule has 1 aliphatic heterocycles. The van der Waals surface area contributed by atoms with Crippen LogP contribution in [-0.2, 0) is 9.53 Å². The van der Waals surface area contributed by atoms with Crippen molar-refractivity contribution in [3.8, 4) is 0 Å². The van der Waals surface area contributed by atoms with E-state index in [9.17, 15) is 9.59 Å². The monoisotopic (exact) mass is 263 g/mol. The highest BCUT2D eigenvalue weighted by Gasteiger charge is 2.36. The molecule has 0 spiro atoms. The van der Waals surface area contributed by atoms with Gasteiger partial charge in [-0.05, 0) is 26.7 Å². The second-order valence-corrected chi connectivity index (χ2v) is 4.45. The maximum absolute atomic E-state index is 12.3. The van der Waals surface area contributed by atoms with Gasteiger partial charge in [-0.15, -0.1) is 0 Å². The summed E-state index contributed by atoms with van der Waals surface area (Å²) in [6, 6.07) is -0.490. The Hall–Kier alpha value is -1.98. The molecule has 1 aromatic heterocycles. The van der Waals surface area contributed by atoms with E-state index >= 15 is 0 Å². The summed E-state index contributed by atoms with van der Waals surface area (Å²) in [5, 5.41) is 0. The SMILES string of the molecule is CCOC(=O)C1CCCN1C(=O)c1cnc(C)cn1. The maximum Gasteiger partial charge on any atom is 0.328 e. The molecule has 0 radical (unpaired) electrons. The quantitative estimate of drug-likeness (QED) is 0.759. The molecule has 1 fully saturated rings. The number of hydrogen-bond acceptors (Lipinski definition) is 5. The first-order valence-electron chi connectivity index (χ1n) is 6.39. The molecular formula is C13H17N3O3. The molecule has 102 valence electrons. The number of rotatable bonds is 3. The van der Waals surface area contributed by atoms with Gasteiger partial charge in [-0.25, -0.2) is 9.78 Å².